The van der Waals surface area contributed by atoms with E-state index in [-0.39, 0.29) is 4.90 Å². The molecule has 0 aromatic heterocycles. The summed E-state index contributed by atoms with van der Waals surface area (Å²) in [5.74, 6) is -0.484. The average Bonchev–Trinajstić information content (AvgIpc) is 2.69. The van der Waals surface area contributed by atoms with Crippen molar-refractivity contribution in [2.24, 2.45) is 5.10 Å². The molecule has 1 amide bonds. The van der Waals surface area contributed by atoms with E-state index in [0.29, 0.717) is 22.0 Å². The van der Waals surface area contributed by atoms with Crippen LogP contribution >= 0.6 is 11.6 Å². The van der Waals surface area contributed by atoms with Crippen LogP contribution in [0.3, 0.4) is 0 Å². The zero-order chi connectivity index (χ0) is 22.2. The first-order valence-corrected chi connectivity index (χ1v) is 11.4. The van der Waals surface area contributed by atoms with Crippen molar-refractivity contribution < 1.29 is 13.2 Å². The summed E-state index contributed by atoms with van der Waals surface area (Å²) in [6.45, 7) is 3.40. The molecule has 0 atom stereocenters. The number of halogens is 1. The lowest BCUT2D eigenvalue weighted by Gasteiger charge is -2.27. The third-order valence-electron chi connectivity index (χ3n) is 4.80. The van der Waals surface area contributed by atoms with Gasteiger partial charge in [-0.2, -0.15) is 17.9 Å². The number of aryl methyl sites for hydroxylation is 2. The van der Waals surface area contributed by atoms with Crippen LogP contribution in [0.1, 0.15) is 22.3 Å². The normalized spacial score (nSPS) is 14.5. The van der Waals surface area contributed by atoms with Crippen molar-refractivity contribution in [2.75, 3.05) is 11.9 Å². The highest BCUT2D eigenvalue weighted by molar-refractivity contribution is 7.89. The van der Waals surface area contributed by atoms with Gasteiger partial charge in [-0.25, -0.2) is 0 Å². The topological polar surface area (TPSA) is 78.8 Å². The second kappa shape index (κ2) is 8.17. The number of fused-ring (bicyclic) bond motifs is 1. The minimum atomic E-state index is -4.02. The Bertz CT molecular complexity index is 1280. The van der Waals surface area contributed by atoms with Gasteiger partial charge in [0.1, 0.15) is 12.3 Å². The molecule has 1 aliphatic rings. The zero-order valence-electron chi connectivity index (χ0n) is 17.0. The lowest BCUT2D eigenvalue weighted by atomic mass is 10.0. The Labute approximate surface area is 186 Å². The number of sulfonamides is 1. The third-order valence-corrected chi connectivity index (χ3v) is 6.71. The fourth-order valence-corrected chi connectivity index (χ4v) is 5.09. The standard InChI is InChI=1S/C23H20ClN3O3S/c1-15-10-16(2)12-19(11-15)25-22(28)14-27-26-23(17-6-4-3-5-7-17)20-13-18(24)8-9-21(20)31(27,29)30/h3-13H,14H2,1-2H3,(H,25,28). The number of hydrogen-bond acceptors (Lipinski definition) is 4. The van der Waals surface area contributed by atoms with E-state index in [1.54, 1.807) is 6.07 Å². The second-order valence-corrected chi connectivity index (χ2v) is 9.61. The SMILES string of the molecule is Cc1cc(C)cc(NC(=O)CN2N=C(c3ccccc3)c3cc(Cl)ccc3S2(=O)=O)c1. The van der Waals surface area contributed by atoms with Crippen molar-refractivity contribution in [3.05, 3.63) is 94.0 Å². The van der Waals surface area contributed by atoms with E-state index >= 15 is 0 Å². The van der Waals surface area contributed by atoms with Gasteiger partial charge in [0.15, 0.2) is 0 Å². The van der Waals surface area contributed by atoms with E-state index in [2.05, 4.69) is 10.4 Å². The first-order chi connectivity index (χ1) is 14.7. The van der Waals surface area contributed by atoms with Gasteiger partial charge in [0.25, 0.3) is 10.0 Å². The molecule has 6 nitrogen and oxygen atoms in total. The summed E-state index contributed by atoms with van der Waals surface area (Å²) >= 11 is 6.13. The lowest BCUT2D eigenvalue weighted by Crippen LogP contribution is -2.38. The minimum Gasteiger partial charge on any atom is -0.324 e. The van der Waals surface area contributed by atoms with Gasteiger partial charge in [-0.15, -0.1) is 0 Å². The number of amides is 1. The van der Waals surface area contributed by atoms with Crippen LogP contribution in [-0.4, -0.2) is 31.0 Å². The van der Waals surface area contributed by atoms with Crippen LogP contribution in [0.4, 0.5) is 5.69 Å². The third kappa shape index (κ3) is 4.33. The fourth-order valence-electron chi connectivity index (χ4n) is 3.54. The molecule has 1 N–H and O–H groups in total. The molecule has 3 aromatic carbocycles. The molecule has 0 unspecified atom stereocenters. The number of nitrogens with zero attached hydrogens (tertiary/aromatic N) is 2. The molecule has 0 aliphatic carbocycles. The summed E-state index contributed by atoms with van der Waals surface area (Å²) in [4.78, 5) is 12.8. The van der Waals surface area contributed by atoms with Crippen LogP contribution in [0.15, 0.2) is 76.7 Å². The maximum absolute atomic E-state index is 13.2. The van der Waals surface area contributed by atoms with Gasteiger partial charge in [0, 0.05) is 21.8 Å². The molecule has 1 aliphatic heterocycles. The van der Waals surface area contributed by atoms with Gasteiger partial charge in [-0.05, 0) is 55.3 Å². The Morgan fingerprint density at radius 3 is 2.35 bits per heavy atom. The second-order valence-electron chi connectivity index (χ2n) is 7.37. The number of carbonyl (C=O) groups is 1. The van der Waals surface area contributed by atoms with E-state index in [4.69, 9.17) is 11.6 Å². The molecule has 4 rings (SSSR count). The van der Waals surface area contributed by atoms with Crippen molar-refractivity contribution in [2.45, 2.75) is 18.7 Å². The van der Waals surface area contributed by atoms with Gasteiger partial charge < -0.3 is 5.32 Å². The monoisotopic (exact) mass is 453 g/mol. The number of benzene rings is 3. The molecule has 0 spiro atoms. The first-order valence-electron chi connectivity index (χ1n) is 9.59. The molecule has 0 saturated heterocycles. The van der Waals surface area contributed by atoms with E-state index in [9.17, 15) is 13.2 Å². The maximum atomic E-state index is 13.2. The molecule has 1 heterocycles. The zero-order valence-corrected chi connectivity index (χ0v) is 18.5. The highest BCUT2D eigenvalue weighted by atomic mass is 35.5. The predicted molar refractivity (Wildman–Crippen MR) is 122 cm³/mol. The number of carbonyl (C=O) groups excluding carboxylic acids is 1. The Morgan fingerprint density at radius 2 is 1.68 bits per heavy atom. The van der Waals surface area contributed by atoms with E-state index in [0.717, 1.165) is 21.1 Å². The predicted octanol–water partition coefficient (Wildman–Crippen LogP) is 4.35. The Kier molecular flexibility index (Phi) is 5.56. The van der Waals surface area contributed by atoms with Crippen molar-refractivity contribution in [3.8, 4) is 0 Å². The molecule has 158 valence electrons. The maximum Gasteiger partial charge on any atom is 0.280 e. The molecule has 0 bridgehead atoms. The van der Waals surface area contributed by atoms with Gasteiger partial charge >= 0.3 is 0 Å². The van der Waals surface area contributed by atoms with Crippen LogP contribution in [0, 0.1) is 13.8 Å². The summed E-state index contributed by atoms with van der Waals surface area (Å²) < 4.78 is 27.2. The number of rotatable bonds is 4. The summed E-state index contributed by atoms with van der Waals surface area (Å²) in [7, 11) is -4.02. The van der Waals surface area contributed by atoms with Crippen LogP contribution in [-0.2, 0) is 14.8 Å². The molecule has 31 heavy (non-hydrogen) atoms. The number of nitrogens with one attached hydrogen (secondary N) is 1. The van der Waals surface area contributed by atoms with Crippen molar-refractivity contribution in [1.29, 1.82) is 0 Å². The van der Waals surface area contributed by atoms with Gasteiger partial charge in [-0.3, -0.25) is 4.79 Å². The van der Waals surface area contributed by atoms with Crippen LogP contribution in [0.5, 0.6) is 0 Å². The largest absolute Gasteiger partial charge is 0.324 e. The summed E-state index contributed by atoms with van der Waals surface area (Å²) in [5, 5.41) is 7.51. The molecule has 0 saturated carbocycles. The van der Waals surface area contributed by atoms with E-state index in [1.165, 1.54) is 12.1 Å². The molecular formula is C23H20ClN3O3S. The van der Waals surface area contributed by atoms with Gasteiger partial charge in [-0.1, -0.05) is 48.0 Å². The van der Waals surface area contributed by atoms with E-state index in [1.807, 2.05) is 62.4 Å². The molecule has 3 aromatic rings. The summed E-state index contributed by atoms with van der Waals surface area (Å²) in [5.41, 5.74) is 4.17. The number of hydrogen-bond donors (Lipinski definition) is 1. The highest BCUT2D eigenvalue weighted by Gasteiger charge is 2.34. The molecule has 0 radical (unpaired) electrons. The van der Waals surface area contributed by atoms with Crippen molar-refractivity contribution >= 4 is 38.9 Å². The smallest absolute Gasteiger partial charge is 0.280 e. The van der Waals surface area contributed by atoms with Gasteiger partial charge in [0.2, 0.25) is 5.91 Å². The first kappa shape index (κ1) is 21.1. The Balaban J connectivity index is 1.71. The highest BCUT2D eigenvalue weighted by Crippen LogP contribution is 2.31. The average molecular weight is 454 g/mol. The summed E-state index contributed by atoms with van der Waals surface area (Å²) in [6, 6.07) is 19.4. The number of anilines is 1. The minimum absolute atomic E-state index is 0.0601. The quantitative estimate of drug-likeness (QED) is 0.637. The fraction of sp³-hybridized carbons (Fsp3) is 0.130. The Morgan fingerprint density at radius 1 is 1.00 bits per heavy atom. The Hall–Kier alpha value is -3.16. The van der Waals surface area contributed by atoms with Crippen LogP contribution < -0.4 is 5.32 Å². The molecular weight excluding hydrogens is 434 g/mol. The van der Waals surface area contributed by atoms with Crippen LogP contribution in [0.2, 0.25) is 5.02 Å². The molecule has 0 fully saturated rings. The van der Waals surface area contributed by atoms with Gasteiger partial charge in [0.05, 0.1) is 4.90 Å². The van der Waals surface area contributed by atoms with Crippen molar-refractivity contribution in [3.63, 3.8) is 0 Å². The van der Waals surface area contributed by atoms with Crippen LogP contribution in [0.25, 0.3) is 0 Å². The molecule has 8 heteroatoms. The van der Waals surface area contributed by atoms with Crippen molar-refractivity contribution in [1.82, 2.24) is 4.41 Å². The number of hydrazone groups is 1. The van der Waals surface area contributed by atoms with E-state index < -0.39 is 22.5 Å². The lowest BCUT2D eigenvalue weighted by molar-refractivity contribution is -0.116. The summed E-state index contributed by atoms with van der Waals surface area (Å²) in [6.07, 6.45) is 0.